The van der Waals surface area contributed by atoms with Crippen molar-refractivity contribution in [1.82, 2.24) is 5.43 Å². The third-order valence-corrected chi connectivity index (χ3v) is 4.54. The Kier molecular flexibility index (Phi) is 4.81. The predicted octanol–water partition coefficient (Wildman–Crippen LogP) is 3.08. The van der Waals surface area contributed by atoms with Crippen LogP contribution in [0, 0.1) is 0 Å². The van der Waals surface area contributed by atoms with E-state index in [1.807, 2.05) is 29.6 Å². The van der Waals surface area contributed by atoms with Crippen molar-refractivity contribution in [1.29, 1.82) is 0 Å². The number of nitrogens with two attached hydrogens (primary N) is 1. The number of hydrazine groups is 1. The Labute approximate surface area is 124 Å². The summed E-state index contributed by atoms with van der Waals surface area (Å²) in [6.45, 7) is 0. The summed E-state index contributed by atoms with van der Waals surface area (Å²) in [5.74, 6) is 7.07. The summed E-state index contributed by atoms with van der Waals surface area (Å²) in [4.78, 5) is 1.13. The first-order valence-electron chi connectivity index (χ1n) is 5.61. The predicted molar refractivity (Wildman–Crippen MR) is 80.7 cm³/mol. The second kappa shape index (κ2) is 6.38. The second-order valence-corrected chi connectivity index (χ2v) is 5.74. The van der Waals surface area contributed by atoms with Crippen LogP contribution in [0.5, 0.6) is 11.5 Å². The zero-order valence-electron chi connectivity index (χ0n) is 10.6. The van der Waals surface area contributed by atoms with E-state index in [9.17, 15) is 0 Å². The van der Waals surface area contributed by atoms with Crippen LogP contribution in [0.1, 0.15) is 16.5 Å². The van der Waals surface area contributed by atoms with Gasteiger partial charge in [0.25, 0.3) is 0 Å². The Morgan fingerprint density at radius 2 is 1.95 bits per heavy atom. The van der Waals surface area contributed by atoms with Crippen molar-refractivity contribution in [3.63, 3.8) is 0 Å². The molecule has 0 aliphatic heterocycles. The van der Waals surface area contributed by atoms with Crippen molar-refractivity contribution < 1.29 is 9.47 Å². The molecule has 0 aliphatic carbocycles. The number of ether oxygens (including phenoxy) is 2. The minimum absolute atomic E-state index is 0.0730. The van der Waals surface area contributed by atoms with E-state index in [4.69, 9.17) is 15.3 Å². The molecule has 0 amide bonds. The molecule has 1 unspecified atom stereocenters. The lowest BCUT2D eigenvalue weighted by atomic mass is 10.1. The molecule has 19 heavy (non-hydrogen) atoms. The average molecular weight is 343 g/mol. The van der Waals surface area contributed by atoms with Gasteiger partial charge in [-0.3, -0.25) is 5.84 Å². The maximum atomic E-state index is 5.68. The SMILES string of the molecule is COc1ccc(C(NN)c2cc(Br)cs2)cc1OC. The molecular weight excluding hydrogens is 328 g/mol. The van der Waals surface area contributed by atoms with Gasteiger partial charge in [-0.2, -0.15) is 0 Å². The summed E-state index contributed by atoms with van der Waals surface area (Å²) in [5.41, 5.74) is 3.85. The molecule has 0 saturated heterocycles. The minimum Gasteiger partial charge on any atom is -0.493 e. The Morgan fingerprint density at radius 3 is 2.47 bits per heavy atom. The molecule has 0 aliphatic rings. The molecule has 0 spiro atoms. The quantitative estimate of drug-likeness (QED) is 0.647. The van der Waals surface area contributed by atoms with Crippen LogP contribution in [0.2, 0.25) is 0 Å². The highest BCUT2D eigenvalue weighted by Gasteiger charge is 2.16. The van der Waals surface area contributed by atoms with Gasteiger partial charge in [-0.15, -0.1) is 11.3 Å². The third-order valence-electron chi connectivity index (χ3n) is 2.78. The number of hydrogen-bond donors (Lipinski definition) is 2. The number of thiophene rings is 1. The summed E-state index contributed by atoms with van der Waals surface area (Å²) in [7, 11) is 3.24. The lowest BCUT2D eigenvalue weighted by Gasteiger charge is -2.17. The van der Waals surface area contributed by atoms with Crippen LogP contribution in [-0.2, 0) is 0 Å². The number of halogens is 1. The summed E-state index contributed by atoms with van der Waals surface area (Å²) in [5, 5.41) is 2.03. The molecule has 0 bridgehead atoms. The zero-order chi connectivity index (χ0) is 13.8. The molecular formula is C13H15BrN2O2S. The van der Waals surface area contributed by atoms with Gasteiger partial charge in [-0.1, -0.05) is 6.07 Å². The van der Waals surface area contributed by atoms with Crippen LogP contribution >= 0.6 is 27.3 Å². The lowest BCUT2D eigenvalue weighted by Crippen LogP contribution is -2.28. The molecule has 0 radical (unpaired) electrons. The molecule has 102 valence electrons. The van der Waals surface area contributed by atoms with Crippen molar-refractivity contribution in [3.8, 4) is 11.5 Å². The summed E-state index contributed by atoms with van der Waals surface area (Å²) in [6.07, 6.45) is 0. The van der Waals surface area contributed by atoms with Crippen LogP contribution in [0.3, 0.4) is 0 Å². The van der Waals surface area contributed by atoms with Crippen LogP contribution in [0.4, 0.5) is 0 Å². The molecule has 6 heteroatoms. The van der Waals surface area contributed by atoms with Gasteiger partial charge in [0, 0.05) is 14.7 Å². The highest BCUT2D eigenvalue weighted by Crippen LogP contribution is 2.34. The van der Waals surface area contributed by atoms with Crippen LogP contribution in [0.25, 0.3) is 0 Å². The van der Waals surface area contributed by atoms with Crippen LogP contribution < -0.4 is 20.7 Å². The van der Waals surface area contributed by atoms with Gasteiger partial charge < -0.3 is 9.47 Å². The van der Waals surface area contributed by atoms with Crippen molar-refractivity contribution in [2.45, 2.75) is 6.04 Å². The third kappa shape index (κ3) is 3.09. The minimum atomic E-state index is -0.0730. The molecule has 2 rings (SSSR count). The number of benzene rings is 1. The van der Waals surface area contributed by atoms with Gasteiger partial charge in [-0.05, 0) is 39.7 Å². The highest BCUT2D eigenvalue weighted by atomic mass is 79.9. The maximum Gasteiger partial charge on any atom is 0.161 e. The van der Waals surface area contributed by atoms with Gasteiger partial charge in [0.1, 0.15) is 0 Å². The fourth-order valence-electron chi connectivity index (χ4n) is 1.85. The van der Waals surface area contributed by atoms with Gasteiger partial charge in [-0.25, -0.2) is 5.43 Å². The molecule has 1 aromatic heterocycles. The van der Waals surface area contributed by atoms with Crippen LogP contribution in [0.15, 0.2) is 34.1 Å². The molecule has 4 nitrogen and oxygen atoms in total. The van der Waals surface area contributed by atoms with Crippen LogP contribution in [-0.4, -0.2) is 14.2 Å². The number of nitrogens with one attached hydrogen (secondary N) is 1. The smallest absolute Gasteiger partial charge is 0.161 e. The number of hydrogen-bond acceptors (Lipinski definition) is 5. The first-order valence-corrected chi connectivity index (χ1v) is 7.28. The summed E-state index contributed by atoms with van der Waals surface area (Å²) in [6, 6.07) is 7.75. The zero-order valence-corrected chi connectivity index (χ0v) is 13.0. The van der Waals surface area contributed by atoms with E-state index in [-0.39, 0.29) is 6.04 Å². The standard InChI is InChI=1S/C13H15BrN2O2S/c1-17-10-4-3-8(5-11(10)18-2)13(16-15)12-6-9(14)7-19-12/h3-7,13,16H,15H2,1-2H3. The monoisotopic (exact) mass is 342 g/mol. The largest absolute Gasteiger partial charge is 0.493 e. The van der Waals surface area contributed by atoms with E-state index in [0.29, 0.717) is 11.5 Å². The lowest BCUT2D eigenvalue weighted by molar-refractivity contribution is 0.354. The van der Waals surface area contributed by atoms with Crippen molar-refractivity contribution in [2.24, 2.45) is 5.84 Å². The van der Waals surface area contributed by atoms with E-state index < -0.39 is 0 Å². The molecule has 0 fully saturated rings. The normalized spacial score (nSPS) is 12.2. The fourth-order valence-corrected chi connectivity index (χ4v) is 3.39. The Morgan fingerprint density at radius 1 is 1.21 bits per heavy atom. The maximum absolute atomic E-state index is 5.68. The molecule has 1 heterocycles. The Balaban J connectivity index is 2.38. The van der Waals surface area contributed by atoms with Crippen molar-refractivity contribution >= 4 is 27.3 Å². The summed E-state index contributed by atoms with van der Waals surface area (Å²) >= 11 is 5.09. The second-order valence-electron chi connectivity index (χ2n) is 3.88. The first kappa shape index (κ1) is 14.3. The van der Waals surface area contributed by atoms with Gasteiger partial charge in [0.2, 0.25) is 0 Å². The fraction of sp³-hybridized carbons (Fsp3) is 0.231. The first-order chi connectivity index (χ1) is 9.19. The molecule has 3 N–H and O–H groups in total. The number of methoxy groups -OCH3 is 2. The topological polar surface area (TPSA) is 56.5 Å². The Bertz CT molecular complexity index is 559. The number of rotatable bonds is 5. The molecule has 2 aromatic rings. The van der Waals surface area contributed by atoms with E-state index in [1.165, 1.54) is 0 Å². The summed E-state index contributed by atoms with van der Waals surface area (Å²) < 4.78 is 11.6. The van der Waals surface area contributed by atoms with Gasteiger partial charge in [0.15, 0.2) is 11.5 Å². The molecule has 1 aromatic carbocycles. The average Bonchev–Trinajstić information content (AvgIpc) is 2.86. The van der Waals surface area contributed by atoms with Crippen molar-refractivity contribution in [3.05, 3.63) is 44.6 Å². The van der Waals surface area contributed by atoms with Gasteiger partial charge >= 0.3 is 0 Å². The van der Waals surface area contributed by atoms with Gasteiger partial charge in [0.05, 0.1) is 20.3 Å². The highest BCUT2D eigenvalue weighted by molar-refractivity contribution is 9.10. The molecule has 1 atom stereocenters. The van der Waals surface area contributed by atoms with E-state index in [2.05, 4.69) is 21.4 Å². The molecule has 0 saturated carbocycles. The van der Waals surface area contributed by atoms with E-state index in [1.54, 1.807) is 25.6 Å². The van der Waals surface area contributed by atoms with E-state index >= 15 is 0 Å². The van der Waals surface area contributed by atoms with Crippen molar-refractivity contribution in [2.75, 3.05) is 14.2 Å². The van der Waals surface area contributed by atoms with E-state index in [0.717, 1.165) is 14.9 Å². The Hall–Kier alpha value is -1.08.